The molecule has 202 valence electrons. The first-order chi connectivity index (χ1) is 18.6. The van der Waals surface area contributed by atoms with Gasteiger partial charge >= 0.3 is 17.9 Å². The molecule has 0 aliphatic carbocycles. The molecule has 1 aliphatic rings. The second-order valence-electron chi connectivity index (χ2n) is 8.44. The Morgan fingerprint density at radius 2 is 1.74 bits per heavy atom. The molecule has 0 fully saturated rings. The van der Waals surface area contributed by atoms with E-state index < -0.39 is 29.5 Å². The Hall–Kier alpha value is -4.51. The number of thiazole rings is 1. The van der Waals surface area contributed by atoms with Gasteiger partial charge in [0.05, 0.1) is 35.6 Å². The number of carbonyl (C=O) groups is 3. The van der Waals surface area contributed by atoms with Crippen molar-refractivity contribution in [2.45, 2.75) is 33.7 Å². The molecule has 4 rings (SSSR count). The van der Waals surface area contributed by atoms with E-state index in [0.717, 1.165) is 11.3 Å². The highest BCUT2D eigenvalue weighted by atomic mass is 32.1. The molecule has 0 N–H and O–H groups in total. The van der Waals surface area contributed by atoms with Gasteiger partial charge in [-0.2, -0.15) is 0 Å². The van der Waals surface area contributed by atoms with E-state index in [1.165, 1.54) is 25.5 Å². The molecule has 0 saturated heterocycles. The maximum atomic E-state index is 13.8. The number of esters is 3. The summed E-state index contributed by atoms with van der Waals surface area (Å²) in [6.45, 7) is 6.10. The molecule has 2 heterocycles. The molecule has 0 bridgehead atoms. The van der Waals surface area contributed by atoms with E-state index in [-0.39, 0.29) is 17.9 Å². The van der Waals surface area contributed by atoms with Crippen LogP contribution in [0.25, 0.3) is 6.08 Å². The van der Waals surface area contributed by atoms with Gasteiger partial charge in [0.25, 0.3) is 5.56 Å². The molecule has 2 aromatic carbocycles. The average Bonchev–Trinajstić information content (AvgIpc) is 3.18. The third-order valence-electron chi connectivity index (χ3n) is 5.74. The molecular weight excluding hydrogens is 524 g/mol. The van der Waals surface area contributed by atoms with E-state index in [4.69, 9.17) is 18.9 Å². The van der Waals surface area contributed by atoms with E-state index >= 15 is 0 Å². The van der Waals surface area contributed by atoms with Crippen LogP contribution in [0.4, 0.5) is 0 Å². The number of benzene rings is 2. The number of carbonyl (C=O) groups excluding carboxylic acids is 3. The third kappa shape index (κ3) is 5.68. The fourth-order valence-corrected chi connectivity index (χ4v) is 5.23. The minimum Gasteiger partial charge on any atom is -0.493 e. The number of hydrogen-bond acceptors (Lipinski definition) is 10. The fraction of sp³-hybridized carbons (Fsp3) is 0.250. The van der Waals surface area contributed by atoms with E-state index in [1.54, 1.807) is 62.4 Å². The highest BCUT2D eigenvalue weighted by Gasteiger charge is 2.33. The second kappa shape index (κ2) is 11.5. The van der Waals surface area contributed by atoms with Crippen LogP contribution < -0.4 is 29.1 Å². The molecule has 1 aliphatic heterocycles. The largest absolute Gasteiger partial charge is 0.493 e. The molecule has 10 nitrogen and oxygen atoms in total. The summed E-state index contributed by atoms with van der Waals surface area (Å²) in [5.41, 5.74) is 1.28. The molecule has 3 aromatic rings. The number of nitrogens with zero attached hydrogens (tertiary/aromatic N) is 2. The Labute approximate surface area is 227 Å². The zero-order valence-corrected chi connectivity index (χ0v) is 22.8. The highest BCUT2D eigenvalue weighted by molar-refractivity contribution is 7.07. The lowest BCUT2D eigenvalue weighted by Crippen LogP contribution is -2.39. The van der Waals surface area contributed by atoms with Crippen LogP contribution in [0.15, 0.2) is 63.5 Å². The monoisotopic (exact) mass is 550 g/mol. The molecule has 0 saturated carbocycles. The van der Waals surface area contributed by atoms with Crippen LogP contribution in [0.1, 0.15) is 44.9 Å². The van der Waals surface area contributed by atoms with Gasteiger partial charge in [-0.3, -0.25) is 19.0 Å². The van der Waals surface area contributed by atoms with Gasteiger partial charge in [-0.15, -0.1) is 0 Å². The Balaban J connectivity index is 1.93. The normalized spacial score (nSPS) is 14.8. The van der Waals surface area contributed by atoms with Crippen LogP contribution in [-0.4, -0.2) is 36.2 Å². The first-order valence-corrected chi connectivity index (χ1v) is 12.8. The van der Waals surface area contributed by atoms with Crippen LogP contribution in [-0.2, 0) is 19.1 Å². The molecule has 11 heteroatoms. The number of rotatable bonds is 7. The number of aromatic nitrogens is 1. The molecular formula is C28H26N2O8S. The maximum absolute atomic E-state index is 13.8. The predicted molar refractivity (Wildman–Crippen MR) is 142 cm³/mol. The summed E-state index contributed by atoms with van der Waals surface area (Å²) in [5, 5.41) is 0. The zero-order chi connectivity index (χ0) is 28.3. The Morgan fingerprint density at radius 1 is 1.05 bits per heavy atom. The molecule has 0 amide bonds. The van der Waals surface area contributed by atoms with Gasteiger partial charge in [0.15, 0.2) is 16.3 Å². The van der Waals surface area contributed by atoms with Crippen molar-refractivity contribution >= 4 is 35.3 Å². The molecule has 1 unspecified atom stereocenters. The SMILES string of the molecule is CCOC(=O)C1=C(C)N=c2sc(=Cc3cccc(OC)c3OC(C)=O)c(=O)n2C1c1ccc(OC(C)=O)cc1. The standard InChI is InChI=1S/C28H26N2O8S/c1-6-36-27(34)23-15(2)29-28-30(24(23)18-10-12-20(13-11-18)37-16(3)31)26(33)22(39-28)14-19-8-7-9-21(35-5)25(19)38-17(4)32/h7-14,24H,6H2,1-5H3. The van der Waals surface area contributed by atoms with Gasteiger partial charge < -0.3 is 18.9 Å². The lowest BCUT2D eigenvalue weighted by Gasteiger charge is -2.24. The molecule has 39 heavy (non-hydrogen) atoms. The van der Waals surface area contributed by atoms with Crippen molar-refractivity contribution in [1.82, 2.24) is 4.57 Å². The lowest BCUT2D eigenvalue weighted by atomic mass is 9.96. The minimum atomic E-state index is -0.841. The summed E-state index contributed by atoms with van der Waals surface area (Å²) in [6, 6.07) is 10.7. The summed E-state index contributed by atoms with van der Waals surface area (Å²) in [5.74, 6) is -0.760. The summed E-state index contributed by atoms with van der Waals surface area (Å²) >= 11 is 1.13. The lowest BCUT2D eigenvalue weighted by molar-refractivity contribution is -0.139. The van der Waals surface area contributed by atoms with Crippen molar-refractivity contribution in [2.75, 3.05) is 13.7 Å². The van der Waals surface area contributed by atoms with Gasteiger partial charge in [-0.1, -0.05) is 35.6 Å². The zero-order valence-electron chi connectivity index (χ0n) is 22.0. The molecule has 1 atom stereocenters. The molecule has 0 radical (unpaired) electrons. The highest BCUT2D eigenvalue weighted by Crippen LogP contribution is 2.33. The minimum absolute atomic E-state index is 0.146. The van der Waals surface area contributed by atoms with Crippen molar-refractivity contribution in [3.63, 3.8) is 0 Å². The topological polar surface area (TPSA) is 122 Å². The van der Waals surface area contributed by atoms with Gasteiger partial charge in [0.2, 0.25) is 0 Å². The smallest absolute Gasteiger partial charge is 0.338 e. The number of methoxy groups -OCH3 is 1. The Kier molecular flexibility index (Phi) is 8.10. The van der Waals surface area contributed by atoms with Crippen molar-refractivity contribution in [2.24, 2.45) is 4.99 Å². The van der Waals surface area contributed by atoms with Crippen molar-refractivity contribution < 1.29 is 33.3 Å². The summed E-state index contributed by atoms with van der Waals surface area (Å²) in [4.78, 5) is 54.9. The summed E-state index contributed by atoms with van der Waals surface area (Å²) in [6.07, 6.45) is 1.59. The van der Waals surface area contributed by atoms with Crippen LogP contribution in [0.2, 0.25) is 0 Å². The van der Waals surface area contributed by atoms with Crippen LogP contribution >= 0.6 is 11.3 Å². The van der Waals surface area contributed by atoms with Crippen LogP contribution in [0, 0.1) is 0 Å². The van der Waals surface area contributed by atoms with Gasteiger partial charge in [-0.05, 0) is 43.7 Å². The first-order valence-electron chi connectivity index (χ1n) is 12.0. The van der Waals surface area contributed by atoms with E-state index in [1.807, 2.05) is 0 Å². The number of ether oxygens (including phenoxy) is 4. The average molecular weight is 551 g/mol. The van der Waals surface area contributed by atoms with Crippen LogP contribution in [0.5, 0.6) is 17.2 Å². The number of fused-ring (bicyclic) bond motifs is 1. The quantitative estimate of drug-likeness (QED) is 0.325. The maximum Gasteiger partial charge on any atom is 0.338 e. The number of allylic oxidation sites excluding steroid dienone is 1. The molecule has 0 spiro atoms. The van der Waals surface area contributed by atoms with Crippen molar-refractivity contribution in [3.8, 4) is 17.2 Å². The fourth-order valence-electron chi connectivity index (χ4n) is 4.19. The third-order valence-corrected chi connectivity index (χ3v) is 6.72. The summed E-state index contributed by atoms with van der Waals surface area (Å²) < 4.78 is 22.9. The van der Waals surface area contributed by atoms with E-state index in [0.29, 0.717) is 37.7 Å². The predicted octanol–water partition coefficient (Wildman–Crippen LogP) is 2.66. The molecule has 1 aromatic heterocycles. The summed E-state index contributed by atoms with van der Waals surface area (Å²) in [7, 11) is 1.45. The van der Waals surface area contributed by atoms with Crippen molar-refractivity contribution in [1.29, 1.82) is 0 Å². The Bertz CT molecular complexity index is 1660. The number of para-hydroxylation sites is 1. The van der Waals surface area contributed by atoms with Gasteiger partial charge in [0.1, 0.15) is 5.75 Å². The van der Waals surface area contributed by atoms with E-state index in [2.05, 4.69) is 4.99 Å². The van der Waals surface area contributed by atoms with Gasteiger partial charge in [-0.25, -0.2) is 9.79 Å². The van der Waals surface area contributed by atoms with Crippen LogP contribution in [0.3, 0.4) is 0 Å². The Morgan fingerprint density at radius 3 is 2.36 bits per heavy atom. The number of hydrogen-bond donors (Lipinski definition) is 0. The second-order valence-corrected chi connectivity index (χ2v) is 9.45. The van der Waals surface area contributed by atoms with E-state index in [9.17, 15) is 19.2 Å². The van der Waals surface area contributed by atoms with Gasteiger partial charge in [0, 0.05) is 19.4 Å². The first kappa shape index (κ1) is 27.5. The van der Waals surface area contributed by atoms with Crippen molar-refractivity contribution in [3.05, 3.63) is 84.5 Å².